The zero-order valence-corrected chi connectivity index (χ0v) is 10.7. The average molecular weight is 222 g/mol. The summed E-state index contributed by atoms with van der Waals surface area (Å²) in [4.78, 5) is 2.36. The van der Waals surface area contributed by atoms with Crippen LogP contribution < -0.4 is 0 Å². The summed E-state index contributed by atoms with van der Waals surface area (Å²) in [6.07, 6.45) is 1.20. The van der Waals surface area contributed by atoms with Gasteiger partial charge < -0.3 is 4.74 Å². The lowest BCUT2D eigenvalue weighted by atomic mass is 9.92. The highest BCUT2D eigenvalue weighted by Gasteiger charge is 2.12. The molecule has 0 unspecified atom stereocenters. The molecular weight excluding hydrogens is 198 g/mol. The van der Waals surface area contributed by atoms with Crippen LogP contribution in [0.25, 0.3) is 0 Å². The minimum Gasteiger partial charge on any atom is -0.383 e. The molecule has 0 rings (SSSR count). The highest BCUT2D eigenvalue weighted by Crippen LogP contribution is 2.18. The summed E-state index contributed by atoms with van der Waals surface area (Å²) in [5.41, 5.74) is 0.400. The van der Waals surface area contributed by atoms with Crippen molar-refractivity contribution in [3.8, 4) is 0 Å². The van der Waals surface area contributed by atoms with Crippen molar-refractivity contribution in [1.29, 1.82) is 0 Å². The molecule has 0 amide bonds. The van der Waals surface area contributed by atoms with E-state index in [1.807, 2.05) is 0 Å². The fourth-order valence-electron chi connectivity index (χ4n) is 1.17. The summed E-state index contributed by atoms with van der Waals surface area (Å²) < 4.78 is 5.07. The normalized spacial score (nSPS) is 12.4. The largest absolute Gasteiger partial charge is 0.383 e. The van der Waals surface area contributed by atoms with Crippen LogP contribution in [0.4, 0.5) is 0 Å². The molecule has 0 saturated heterocycles. The molecule has 0 atom stereocenters. The van der Waals surface area contributed by atoms with E-state index in [9.17, 15) is 0 Å². The van der Waals surface area contributed by atoms with Crippen LogP contribution in [0.3, 0.4) is 0 Å². The Hall–Kier alpha value is 0.210. The Kier molecular flexibility index (Phi) is 7.61. The van der Waals surface area contributed by atoms with Gasteiger partial charge in [-0.05, 0) is 18.4 Å². The number of hydrogen-bond acceptors (Lipinski definition) is 2. The van der Waals surface area contributed by atoms with Gasteiger partial charge in [0.15, 0.2) is 0 Å². The van der Waals surface area contributed by atoms with Gasteiger partial charge >= 0.3 is 0 Å². The lowest BCUT2D eigenvalue weighted by Crippen LogP contribution is -2.32. The van der Waals surface area contributed by atoms with Gasteiger partial charge in [0.2, 0.25) is 0 Å². The molecule has 0 aliphatic carbocycles. The average Bonchev–Trinajstić information content (AvgIpc) is 2.08. The minimum atomic E-state index is 0.400. The number of nitrogens with zero attached hydrogens (tertiary/aromatic N) is 1. The number of alkyl halides is 1. The zero-order valence-electron chi connectivity index (χ0n) is 9.98. The SMILES string of the molecule is COCCN(CCCl)CCC(C)(C)C. The van der Waals surface area contributed by atoms with E-state index in [2.05, 4.69) is 25.7 Å². The van der Waals surface area contributed by atoms with Crippen molar-refractivity contribution in [2.75, 3.05) is 39.2 Å². The van der Waals surface area contributed by atoms with Crippen LogP contribution >= 0.6 is 11.6 Å². The molecule has 86 valence electrons. The topological polar surface area (TPSA) is 12.5 Å². The van der Waals surface area contributed by atoms with Crippen LogP contribution in [0.15, 0.2) is 0 Å². The van der Waals surface area contributed by atoms with Gasteiger partial charge in [-0.3, -0.25) is 4.90 Å². The van der Waals surface area contributed by atoms with E-state index in [0.717, 1.165) is 26.2 Å². The van der Waals surface area contributed by atoms with E-state index in [1.165, 1.54) is 6.42 Å². The summed E-state index contributed by atoms with van der Waals surface area (Å²) in [5.74, 6) is 0.702. The quantitative estimate of drug-likeness (QED) is 0.613. The van der Waals surface area contributed by atoms with Crippen molar-refractivity contribution in [1.82, 2.24) is 4.90 Å². The molecule has 3 heteroatoms. The van der Waals surface area contributed by atoms with Gasteiger partial charge in [-0.1, -0.05) is 20.8 Å². The summed E-state index contributed by atoms with van der Waals surface area (Å²) in [6.45, 7) is 10.6. The smallest absolute Gasteiger partial charge is 0.0589 e. The fraction of sp³-hybridized carbons (Fsp3) is 1.00. The molecule has 0 saturated carbocycles. The first-order valence-corrected chi connectivity index (χ1v) is 5.80. The summed E-state index contributed by atoms with van der Waals surface area (Å²) in [5, 5.41) is 0. The van der Waals surface area contributed by atoms with E-state index in [4.69, 9.17) is 16.3 Å². The zero-order chi connectivity index (χ0) is 11.0. The number of halogens is 1. The third-order valence-electron chi connectivity index (χ3n) is 2.19. The molecule has 0 fully saturated rings. The van der Waals surface area contributed by atoms with Crippen molar-refractivity contribution >= 4 is 11.6 Å². The van der Waals surface area contributed by atoms with Gasteiger partial charge in [0.1, 0.15) is 0 Å². The van der Waals surface area contributed by atoms with Crippen LogP contribution in [0.1, 0.15) is 27.2 Å². The van der Waals surface area contributed by atoms with E-state index in [0.29, 0.717) is 11.3 Å². The Morgan fingerprint density at radius 2 is 1.79 bits per heavy atom. The summed E-state index contributed by atoms with van der Waals surface area (Å²) in [6, 6.07) is 0. The second-order valence-corrected chi connectivity index (χ2v) is 5.21. The standard InChI is InChI=1S/C11H24ClNO/c1-11(2,3)5-7-13(8-6-12)9-10-14-4/h5-10H2,1-4H3. The molecule has 0 aromatic rings. The number of ether oxygens (including phenoxy) is 1. The van der Waals surface area contributed by atoms with Crippen LogP contribution in [-0.4, -0.2) is 44.1 Å². The van der Waals surface area contributed by atoms with E-state index in [-0.39, 0.29) is 0 Å². The molecular formula is C11H24ClNO. The van der Waals surface area contributed by atoms with Crippen LogP contribution in [0, 0.1) is 5.41 Å². The Labute approximate surface area is 93.6 Å². The maximum atomic E-state index is 5.74. The molecule has 0 radical (unpaired) electrons. The van der Waals surface area contributed by atoms with Crippen LogP contribution in [0.2, 0.25) is 0 Å². The predicted molar refractivity (Wildman–Crippen MR) is 63.1 cm³/mol. The highest BCUT2D eigenvalue weighted by atomic mass is 35.5. The molecule has 0 aromatic heterocycles. The molecule has 14 heavy (non-hydrogen) atoms. The molecule has 0 aliphatic rings. The van der Waals surface area contributed by atoms with Gasteiger partial charge in [0, 0.05) is 26.1 Å². The third-order valence-corrected chi connectivity index (χ3v) is 2.36. The lowest BCUT2D eigenvalue weighted by molar-refractivity contribution is 0.142. The summed E-state index contributed by atoms with van der Waals surface area (Å²) in [7, 11) is 1.74. The van der Waals surface area contributed by atoms with Crippen molar-refractivity contribution in [3.05, 3.63) is 0 Å². The Balaban J connectivity index is 3.72. The first kappa shape index (κ1) is 14.2. The summed E-state index contributed by atoms with van der Waals surface area (Å²) >= 11 is 5.74. The second kappa shape index (κ2) is 7.49. The molecule has 0 spiro atoms. The van der Waals surface area contributed by atoms with Gasteiger partial charge in [0.05, 0.1) is 6.61 Å². The fourth-order valence-corrected chi connectivity index (χ4v) is 1.41. The van der Waals surface area contributed by atoms with Crippen molar-refractivity contribution in [2.24, 2.45) is 5.41 Å². The van der Waals surface area contributed by atoms with Gasteiger partial charge in [0.25, 0.3) is 0 Å². The van der Waals surface area contributed by atoms with Crippen molar-refractivity contribution in [2.45, 2.75) is 27.2 Å². The Bertz CT molecular complexity index is 134. The third kappa shape index (κ3) is 8.79. The van der Waals surface area contributed by atoms with Gasteiger partial charge in [-0.15, -0.1) is 11.6 Å². The maximum Gasteiger partial charge on any atom is 0.0589 e. The number of hydrogen-bond donors (Lipinski definition) is 0. The highest BCUT2D eigenvalue weighted by molar-refractivity contribution is 6.18. The minimum absolute atomic E-state index is 0.400. The first-order chi connectivity index (χ1) is 6.49. The van der Waals surface area contributed by atoms with Crippen LogP contribution in [-0.2, 0) is 4.74 Å². The molecule has 2 nitrogen and oxygen atoms in total. The first-order valence-electron chi connectivity index (χ1n) is 5.27. The van der Waals surface area contributed by atoms with Crippen molar-refractivity contribution < 1.29 is 4.74 Å². The molecule has 0 aliphatic heterocycles. The molecule has 0 bridgehead atoms. The monoisotopic (exact) mass is 221 g/mol. The number of rotatable bonds is 7. The number of methoxy groups -OCH3 is 1. The predicted octanol–water partition coefficient (Wildman–Crippen LogP) is 2.61. The lowest BCUT2D eigenvalue weighted by Gasteiger charge is -2.25. The van der Waals surface area contributed by atoms with Crippen molar-refractivity contribution in [3.63, 3.8) is 0 Å². The molecule has 0 heterocycles. The van der Waals surface area contributed by atoms with Gasteiger partial charge in [-0.2, -0.15) is 0 Å². The molecule has 0 aromatic carbocycles. The van der Waals surface area contributed by atoms with E-state index >= 15 is 0 Å². The second-order valence-electron chi connectivity index (χ2n) is 4.83. The Morgan fingerprint density at radius 1 is 1.14 bits per heavy atom. The van der Waals surface area contributed by atoms with E-state index in [1.54, 1.807) is 7.11 Å². The van der Waals surface area contributed by atoms with E-state index < -0.39 is 0 Å². The molecule has 0 N–H and O–H groups in total. The van der Waals surface area contributed by atoms with Gasteiger partial charge in [-0.25, -0.2) is 0 Å². The maximum absolute atomic E-state index is 5.74. The van der Waals surface area contributed by atoms with Crippen LogP contribution in [0.5, 0.6) is 0 Å². The Morgan fingerprint density at radius 3 is 2.21 bits per heavy atom.